The van der Waals surface area contributed by atoms with Crippen molar-refractivity contribution in [1.82, 2.24) is 4.90 Å². The van der Waals surface area contributed by atoms with E-state index >= 15 is 0 Å². The van der Waals surface area contributed by atoms with Crippen LogP contribution in [0.5, 0.6) is 5.75 Å². The first-order chi connectivity index (χ1) is 15.4. The van der Waals surface area contributed by atoms with Gasteiger partial charge in [0.05, 0.1) is 30.3 Å². The zero-order valence-corrected chi connectivity index (χ0v) is 18.5. The molecular weight excluding hydrogens is 430 g/mol. The Balaban J connectivity index is 1.53. The Kier molecular flexibility index (Phi) is 4.05. The number of methoxy groups -OCH3 is 1. The van der Waals surface area contributed by atoms with Crippen molar-refractivity contribution < 1.29 is 19.1 Å². The average Bonchev–Trinajstić information content (AvgIpc) is 3.50. The number of imide groups is 1. The third kappa shape index (κ3) is 2.18. The molecule has 1 N–H and O–H groups in total. The Hall–Kier alpha value is -2.90. The van der Waals surface area contributed by atoms with Gasteiger partial charge in [-0.25, -0.2) is 4.90 Å². The summed E-state index contributed by atoms with van der Waals surface area (Å²) in [5.41, 5.74) is 1.50. The highest BCUT2D eigenvalue weighted by molar-refractivity contribution is 6.32. The topological polar surface area (TPSA) is 79.0 Å². The number of rotatable bonds is 2. The molecule has 7 nitrogen and oxygen atoms in total. The predicted octanol–water partition coefficient (Wildman–Crippen LogP) is 3.09. The van der Waals surface area contributed by atoms with Gasteiger partial charge >= 0.3 is 0 Å². The molecule has 6 rings (SSSR count). The second kappa shape index (κ2) is 6.56. The summed E-state index contributed by atoms with van der Waals surface area (Å²) >= 11 is 6.33. The van der Waals surface area contributed by atoms with Crippen LogP contribution in [0.1, 0.15) is 24.0 Å². The fourth-order valence-electron chi connectivity index (χ4n) is 6.38. The van der Waals surface area contributed by atoms with Crippen LogP contribution < -0.4 is 15.0 Å². The van der Waals surface area contributed by atoms with Gasteiger partial charge in [0.25, 0.3) is 0 Å². The third-order valence-corrected chi connectivity index (χ3v) is 8.10. The lowest BCUT2D eigenvalue weighted by atomic mass is 9.75. The van der Waals surface area contributed by atoms with Crippen molar-refractivity contribution in [3.8, 4) is 5.75 Å². The van der Waals surface area contributed by atoms with Gasteiger partial charge in [-0.2, -0.15) is 0 Å². The van der Waals surface area contributed by atoms with Gasteiger partial charge in [-0.15, -0.1) is 0 Å². The molecule has 2 aromatic carbocycles. The number of carbonyl (C=O) groups excluding carboxylic acids is 3. The molecule has 32 heavy (non-hydrogen) atoms. The Morgan fingerprint density at radius 1 is 1.09 bits per heavy atom. The van der Waals surface area contributed by atoms with Crippen LogP contribution in [0.15, 0.2) is 36.4 Å². The minimum absolute atomic E-state index is 0.146. The maximum atomic E-state index is 13.9. The van der Waals surface area contributed by atoms with Crippen molar-refractivity contribution in [2.24, 2.45) is 11.8 Å². The Bertz CT molecular complexity index is 1200. The number of hydrogen-bond acceptors (Lipinski definition) is 5. The van der Waals surface area contributed by atoms with Gasteiger partial charge in [0.1, 0.15) is 11.3 Å². The first-order valence-electron chi connectivity index (χ1n) is 10.8. The predicted molar refractivity (Wildman–Crippen MR) is 119 cm³/mol. The zero-order valence-electron chi connectivity index (χ0n) is 17.7. The molecule has 3 saturated heterocycles. The Labute approximate surface area is 190 Å². The van der Waals surface area contributed by atoms with Gasteiger partial charge < -0.3 is 10.1 Å². The summed E-state index contributed by atoms with van der Waals surface area (Å²) in [6.07, 6.45) is 1.67. The van der Waals surface area contributed by atoms with E-state index in [-0.39, 0.29) is 23.8 Å². The average molecular weight is 452 g/mol. The molecule has 164 valence electrons. The van der Waals surface area contributed by atoms with Crippen molar-refractivity contribution in [3.05, 3.63) is 52.5 Å². The maximum absolute atomic E-state index is 13.9. The van der Waals surface area contributed by atoms with E-state index in [1.165, 1.54) is 4.90 Å². The smallest absolute Gasteiger partial charge is 0.250 e. The van der Waals surface area contributed by atoms with Crippen LogP contribution in [-0.4, -0.2) is 42.3 Å². The summed E-state index contributed by atoms with van der Waals surface area (Å²) < 4.78 is 5.21. The minimum atomic E-state index is -1.19. The van der Waals surface area contributed by atoms with Crippen molar-refractivity contribution in [3.63, 3.8) is 0 Å². The van der Waals surface area contributed by atoms with Crippen LogP contribution in [0.4, 0.5) is 11.4 Å². The fraction of sp³-hybridized carbons (Fsp3) is 0.375. The van der Waals surface area contributed by atoms with Crippen LogP contribution in [0.3, 0.4) is 0 Å². The molecule has 2 aromatic rings. The monoisotopic (exact) mass is 451 g/mol. The van der Waals surface area contributed by atoms with E-state index < -0.39 is 17.4 Å². The molecule has 0 bridgehead atoms. The third-order valence-electron chi connectivity index (χ3n) is 7.69. The second-order valence-corrected chi connectivity index (χ2v) is 9.34. The van der Waals surface area contributed by atoms with Crippen LogP contribution >= 0.6 is 11.6 Å². The highest BCUT2D eigenvalue weighted by Crippen LogP contribution is 2.61. The van der Waals surface area contributed by atoms with Gasteiger partial charge in [-0.1, -0.05) is 17.7 Å². The van der Waals surface area contributed by atoms with Crippen molar-refractivity contribution in [2.45, 2.75) is 31.3 Å². The second-order valence-electron chi connectivity index (χ2n) is 8.93. The number of carbonyl (C=O) groups is 3. The number of nitrogens with one attached hydrogen (secondary N) is 1. The summed E-state index contributed by atoms with van der Waals surface area (Å²) in [4.78, 5) is 44.6. The number of amides is 3. The number of ether oxygens (including phenoxy) is 1. The van der Waals surface area contributed by atoms with E-state index in [4.69, 9.17) is 16.3 Å². The number of halogens is 1. The van der Waals surface area contributed by atoms with E-state index in [2.05, 4.69) is 10.2 Å². The number of nitrogens with zero attached hydrogens (tertiary/aromatic N) is 2. The first-order valence-corrected chi connectivity index (χ1v) is 11.2. The van der Waals surface area contributed by atoms with E-state index in [1.807, 2.05) is 13.0 Å². The first kappa shape index (κ1) is 19.8. The van der Waals surface area contributed by atoms with Crippen molar-refractivity contribution in [1.29, 1.82) is 0 Å². The summed E-state index contributed by atoms with van der Waals surface area (Å²) in [6, 6.07) is 10.3. The van der Waals surface area contributed by atoms with Crippen molar-refractivity contribution in [2.75, 3.05) is 23.9 Å². The summed E-state index contributed by atoms with van der Waals surface area (Å²) in [7, 11) is 1.56. The zero-order chi connectivity index (χ0) is 22.4. The van der Waals surface area contributed by atoms with Gasteiger partial charge in [-0.05, 0) is 62.2 Å². The van der Waals surface area contributed by atoms with Crippen LogP contribution in [0.2, 0.25) is 5.02 Å². The summed E-state index contributed by atoms with van der Waals surface area (Å²) in [5.74, 6) is -1.48. The molecule has 0 aromatic heterocycles. The van der Waals surface area contributed by atoms with Gasteiger partial charge in [-0.3, -0.25) is 19.3 Å². The van der Waals surface area contributed by atoms with E-state index in [0.29, 0.717) is 28.7 Å². The van der Waals surface area contributed by atoms with Gasteiger partial charge in [0.2, 0.25) is 17.7 Å². The van der Waals surface area contributed by atoms with Gasteiger partial charge in [0.15, 0.2) is 0 Å². The summed E-state index contributed by atoms with van der Waals surface area (Å²) in [5, 5.41) is 3.56. The van der Waals surface area contributed by atoms with Crippen molar-refractivity contribution >= 4 is 40.7 Å². The molecule has 4 aliphatic rings. The van der Waals surface area contributed by atoms with Crippen LogP contribution in [0.25, 0.3) is 0 Å². The lowest BCUT2D eigenvalue weighted by Crippen LogP contribution is -2.54. The number of anilines is 2. The highest BCUT2D eigenvalue weighted by Gasteiger charge is 2.74. The lowest BCUT2D eigenvalue weighted by Gasteiger charge is -2.36. The number of hydrogen-bond donors (Lipinski definition) is 1. The lowest BCUT2D eigenvalue weighted by molar-refractivity contribution is -0.135. The molecule has 8 heteroatoms. The normalized spacial score (nSPS) is 30.7. The molecule has 3 amide bonds. The molecule has 0 radical (unpaired) electrons. The molecule has 0 unspecified atom stereocenters. The summed E-state index contributed by atoms with van der Waals surface area (Å²) in [6.45, 7) is 2.54. The highest BCUT2D eigenvalue weighted by atomic mass is 35.5. The van der Waals surface area contributed by atoms with E-state index in [9.17, 15) is 14.4 Å². The minimum Gasteiger partial charge on any atom is -0.497 e. The molecule has 4 atom stereocenters. The molecule has 0 aliphatic carbocycles. The quantitative estimate of drug-likeness (QED) is 0.710. The standard InChI is InChI=1S/C24H22ClN3O4/c1-12-16(25)10-9-15-20(12)26-23(31)24(15)19-18(17-4-3-11-27(17)24)21(29)28(22(19)30)13-5-7-14(32-2)8-6-13/h5-10,17-19H,3-4,11H2,1-2H3,(H,26,31)/t17-,18+,19+,24+/m0/s1. The van der Waals surface area contributed by atoms with Gasteiger partial charge in [0, 0.05) is 16.6 Å². The fourth-order valence-corrected chi connectivity index (χ4v) is 6.53. The molecule has 1 spiro atoms. The molecule has 4 heterocycles. The number of fused-ring (bicyclic) bond motifs is 7. The molecule has 4 aliphatic heterocycles. The van der Waals surface area contributed by atoms with Crippen LogP contribution in [0, 0.1) is 18.8 Å². The largest absolute Gasteiger partial charge is 0.497 e. The Morgan fingerprint density at radius 2 is 1.84 bits per heavy atom. The SMILES string of the molecule is COc1ccc(N2C(=O)[C@@H]3[C@@H]4CCCN4[C@@]4(C(=O)Nc5c4ccc(Cl)c5C)[C@H]3C2=O)cc1. The maximum Gasteiger partial charge on any atom is 0.250 e. The number of benzene rings is 2. The Morgan fingerprint density at radius 3 is 2.56 bits per heavy atom. The van der Waals surface area contributed by atoms with E-state index in [1.54, 1.807) is 37.4 Å². The molecule has 0 saturated carbocycles. The van der Waals surface area contributed by atoms with E-state index in [0.717, 1.165) is 24.0 Å². The molecular formula is C24H22ClN3O4. The molecule has 3 fully saturated rings. The van der Waals surface area contributed by atoms with Crippen LogP contribution in [-0.2, 0) is 19.9 Å².